The molecule has 258 valence electrons. The van der Waals surface area contributed by atoms with Crippen molar-refractivity contribution in [1.82, 2.24) is 19.9 Å². The van der Waals surface area contributed by atoms with Crippen LogP contribution in [0.15, 0.2) is 66.7 Å². The Morgan fingerprint density at radius 3 is 2.57 bits per heavy atom. The number of benzene rings is 2. The second-order valence-electron chi connectivity index (χ2n) is 13.8. The lowest BCUT2D eigenvalue weighted by molar-refractivity contribution is -0.140. The summed E-state index contributed by atoms with van der Waals surface area (Å²) in [5.41, 5.74) is 0.919. The van der Waals surface area contributed by atoms with E-state index in [2.05, 4.69) is 10.0 Å². The van der Waals surface area contributed by atoms with Gasteiger partial charge in [0.2, 0.25) is 21.8 Å². The van der Waals surface area contributed by atoms with E-state index >= 15 is 0 Å². The molecule has 1 aliphatic heterocycles. The van der Waals surface area contributed by atoms with Gasteiger partial charge in [0.15, 0.2) is 0 Å². The van der Waals surface area contributed by atoms with Crippen molar-refractivity contribution in [2.24, 2.45) is 17.8 Å². The summed E-state index contributed by atoms with van der Waals surface area (Å²) in [6, 6.07) is 17.2. The zero-order valence-corrected chi connectivity index (χ0v) is 28.6. The van der Waals surface area contributed by atoms with Crippen LogP contribution in [0.1, 0.15) is 51.4 Å². The van der Waals surface area contributed by atoms with Gasteiger partial charge in [-0.05, 0) is 63.5 Å². The van der Waals surface area contributed by atoms with E-state index in [1.807, 2.05) is 66.7 Å². The van der Waals surface area contributed by atoms with E-state index < -0.39 is 50.6 Å². The second-order valence-corrected chi connectivity index (χ2v) is 15.8. The number of allylic oxidation sites excluding steroid dienone is 1. The number of carbonyl (C=O) groups is 3. The molecule has 4 aliphatic rings. The molecule has 0 saturated heterocycles. The van der Waals surface area contributed by atoms with Gasteiger partial charge in [-0.2, -0.15) is 0 Å². The lowest BCUT2D eigenvalue weighted by Gasteiger charge is -2.26. The number of rotatable bonds is 7. The van der Waals surface area contributed by atoms with E-state index in [4.69, 9.17) is 14.5 Å². The largest absolute Gasteiger partial charge is 0.497 e. The third kappa shape index (κ3) is 6.75. The summed E-state index contributed by atoms with van der Waals surface area (Å²) in [7, 11) is -0.457. The summed E-state index contributed by atoms with van der Waals surface area (Å²) < 4.78 is 39.9. The maximum absolute atomic E-state index is 14.2. The quantitative estimate of drug-likeness (QED) is 0.349. The normalized spacial score (nSPS) is 28.1. The van der Waals surface area contributed by atoms with Crippen molar-refractivity contribution in [2.75, 3.05) is 20.7 Å². The number of aromatic nitrogens is 1. The van der Waals surface area contributed by atoms with Crippen molar-refractivity contribution in [3.8, 4) is 22.8 Å². The van der Waals surface area contributed by atoms with Gasteiger partial charge in [-0.1, -0.05) is 42.5 Å². The maximum atomic E-state index is 14.2. The molecule has 0 radical (unpaired) electrons. The fourth-order valence-electron chi connectivity index (χ4n) is 7.23. The Bertz CT molecular complexity index is 1910. The van der Waals surface area contributed by atoms with Crippen LogP contribution in [0.3, 0.4) is 0 Å². The number of nitrogens with one attached hydrogen (secondary N) is 2. The molecular formula is C37H42N4O7S. The van der Waals surface area contributed by atoms with Crippen LogP contribution in [0.4, 0.5) is 0 Å². The Hall–Kier alpha value is -4.45. The summed E-state index contributed by atoms with van der Waals surface area (Å²) >= 11 is 0. The fraction of sp³-hybridized carbons (Fsp3) is 0.459. The first-order valence-electron chi connectivity index (χ1n) is 17.1. The minimum Gasteiger partial charge on any atom is -0.497 e. The van der Waals surface area contributed by atoms with Crippen molar-refractivity contribution in [3.05, 3.63) is 66.7 Å². The molecule has 5 unspecified atom stereocenters. The van der Waals surface area contributed by atoms with Crippen LogP contribution in [0, 0.1) is 17.8 Å². The van der Waals surface area contributed by atoms with Crippen LogP contribution < -0.4 is 19.5 Å². The van der Waals surface area contributed by atoms with Gasteiger partial charge in [-0.3, -0.25) is 19.1 Å². The van der Waals surface area contributed by atoms with Gasteiger partial charge < -0.3 is 19.7 Å². The predicted octanol–water partition coefficient (Wildman–Crippen LogP) is 4.37. The van der Waals surface area contributed by atoms with Crippen molar-refractivity contribution in [2.45, 2.75) is 68.3 Å². The highest BCUT2D eigenvalue weighted by atomic mass is 32.2. The first kappa shape index (κ1) is 33.1. The molecule has 3 saturated carbocycles. The van der Waals surface area contributed by atoms with Gasteiger partial charge in [0, 0.05) is 42.6 Å². The molecule has 5 atom stereocenters. The Morgan fingerprint density at radius 2 is 1.82 bits per heavy atom. The zero-order valence-electron chi connectivity index (χ0n) is 27.8. The van der Waals surface area contributed by atoms with Gasteiger partial charge in [-0.15, -0.1) is 0 Å². The number of pyridine rings is 1. The molecule has 0 spiro atoms. The highest BCUT2D eigenvalue weighted by molar-refractivity contribution is 7.91. The number of fused-ring (bicyclic) bond motifs is 3. The lowest BCUT2D eigenvalue weighted by atomic mass is 9.93. The monoisotopic (exact) mass is 686 g/mol. The molecule has 11 nitrogen and oxygen atoms in total. The number of hydrogen-bond donors (Lipinski definition) is 2. The van der Waals surface area contributed by atoms with E-state index in [0.29, 0.717) is 54.9 Å². The van der Waals surface area contributed by atoms with Crippen LogP contribution in [-0.2, 0) is 24.4 Å². The van der Waals surface area contributed by atoms with Crippen LogP contribution in [-0.4, -0.2) is 73.6 Å². The number of carbonyl (C=O) groups excluding carboxylic acids is 3. The Kier molecular flexibility index (Phi) is 8.85. The van der Waals surface area contributed by atoms with Crippen molar-refractivity contribution in [3.63, 3.8) is 0 Å². The highest BCUT2D eigenvalue weighted by Crippen LogP contribution is 2.47. The molecule has 1 aromatic heterocycles. The fourth-order valence-corrected chi connectivity index (χ4v) is 8.59. The van der Waals surface area contributed by atoms with E-state index in [1.54, 1.807) is 19.1 Å². The third-order valence-corrected chi connectivity index (χ3v) is 12.2. The number of nitrogens with zero attached hydrogens (tertiary/aromatic N) is 2. The molecule has 12 heteroatoms. The lowest BCUT2D eigenvalue weighted by Crippen LogP contribution is -2.54. The minimum atomic E-state index is -3.82. The zero-order chi connectivity index (χ0) is 34.3. The van der Waals surface area contributed by atoms with Crippen molar-refractivity contribution < 1.29 is 32.3 Å². The van der Waals surface area contributed by atoms with Gasteiger partial charge in [0.25, 0.3) is 5.91 Å². The smallest absolute Gasteiger partial charge is 0.259 e. The standard InChI is InChI=1S/C37H42N4O7S/c1-41-17-9-4-3-8-12-24-22-37(24,36(44)40-49(45,46)27-14-15-27)39-34(42)29-18-26(19-30(29)35(41)43)48-33-21-31(23-10-6-5-7-11-23)38-32-20-25(47-2)13-16-28(32)33/h5-8,10-13,16,20-21,24,26-27,29-30H,3-4,9,14-15,17-19,22H2,1-2H3,(H,39,42)(H,40,44)/b12-8-. The number of amides is 3. The van der Waals surface area contributed by atoms with Crippen LogP contribution >= 0.6 is 0 Å². The molecule has 3 aromatic rings. The van der Waals surface area contributed by atoms with Gasteiger partial charge >= 0.3 is 0 Å². The van der Waals surface area contributed by atoms with Crippen LogP contribution in [0.25, 0.3) is 22.2 Å². The SMILES string of the molecule is COc1ccc2c(OC3CC4C(=O)NC5(C(=O)NS(=O)(=O)C6CC6)CC5/C=C\CCCCN(C)C(=O)C4C3)cc(-c3ccccc3)nc2c1. The number of ether oxygens (including phenoxy) is 2. The molecule has 2 aromatic carbocycles. The molecule has 2 heterocycles. The predicted molar refractivity (Wildman–Crippen MR) is 184 cm³/mol. The molecule has 3 amide bonds. The summed E-state index contributed by atoms with van der Waals surface area (Å²) in [6.07, 6.45) is 7.68. The highest BCUT2D eigenvalue weighted by Gasteiger charge is 2.62. The van der Waals surface area contributed by atoms with Gasteiger partial charge in [-0.25, -0.2) is 13.4 Å². The summed E-state index contributed by atoms with van der Waals surface area (Å²) in [6.45, 7) is 0.565. The van der Waals surface area contributed by atoms with E-state index in [0.717, 1.165) is 30.2 Å². The molecular weight excluding hydrogens is 644 g/mol. The van der Waals surface area contributed by atoms with Crippen LogP contribution in [0.5, 0.6) is 11.5 Å². The first-order valence-corrected chi connectivity index (χ1v) is 18.6. The molecule has 7 rings (SSSR count). The molecule has 0 bridgehead atoms. The summed E-state index contributed by atoms with van der Waals surface area (Å²) in [5, 5.41) is 3.14. The van der Waals surface area contributed by atoms with Crippen LogP contribution in [0.2, 0.25) is 0 Å². The average molecular weight is 687 g/mol. The molecule has 3 aliphatic carbocycles. The van der Waals surface area contributed by atoms with E-state index in [9.17, 15) is 22.8 Å². The van der Waals surface area contributed by atoms with Gasteiger partial charge in [0.05, 0.1) is 35.4 Å². The molecule has 49 heavy (non-hydrogen) atoms. The average Bonchev–Trinajstić information content (AvgIpc) is 4.02. The van der Waals surface area contributed by atoms with Gasteiger partial charge in [0.1, 0.15) is 23.1 Å². The van der Waals surface area contributed by atoms with Crippen molar-refractivity contribution >= 4 is 38.6 Å². The minimum absolute atomic E-state index is 0.143. The topological polar surface area (TPSA) is 144 Å². The number of sulfonamides is 1. The number of methoxy groups -OCH3 is 1. The third-order valence-electron chi connectivity index (χ3n) is 10.3. The Labute approximate surface area is 286 Å². The Balaban J connectivity index is 1.19. The summed E-state index contributed by atoms with van der Waals surface area (Å²) in [4.78, 5) is 48.3. The Morgan fingerprint density at radius 1 is 1.04 bits per heavy atom. The molecule has 2 N–H and O–H groups in total. The van der Waals surface area contributed by atoms with E-state index in [-0.39, 0.29) is 18.2 Å². The van der Waals surface area contributed by atoms with E-state index in [1.165, 1.54) is 0 Å². The molecule has 3 fully saturated rings. The summed E-state index contributed by atoms with van der Waals surface area (Å²) in [5.74, 6) is -1.86. The second kappa shape index (κ2) is 13.1. The van der Waals surface area contributed by atoms with Crippen molar-refractivity contribution in [1.29, 1.82) is 0 Å². The number of hydrogen-bond acceptors (Lipinski definition) is 8. The maximum Gasteiger partial charge on any atom is 0.259 e. The first-order chi connectivity index (χ1) is 23.6.